The third-order valence-electron chi connectivity index (χ3n) is 4.38. The maximum absolute atomic E-state index is 13.6. The summed E-state index contributed by atoms with van der Waals surface area (Å²) in [6, 6.07) is 6.40. The number of hydrogen-bond acceptors (Lipinski definition) is 5. The van der Waals surface area contributed by atoms with Gasteiger partial charge in [0.15, 0.2) is 11.4 Å². The van der Waals surface area contributed by atoms with Crippen LogP contribution in [-0.2, 0) is 0 Å². The third-order valence-corrected chi connectivity index (χ3v) is 4.38. The van der Waals surface area contributed by atoms with Gasteiger partial charge in [0.05, 0.1) is 11.9 Å². The molecule has 0 unspecified atom stereocenters. The Bertz CT molecular complexity index is 1200. The highest BCUT2D eigenvalue weighted by molar-refractivity contribution is 6.08. The summed E-state index contributed by atoms with van der Waals surface area (Å²) in [7, 11) is 0. The normalized spacial score (nSPS) is 11.4. The van der Waals surface area contributed by atoms with Crippen LogP contribution in [0.1, 0.15) is 33.9 Å². The summed E-state index contributed by atoms with van der Waals surface area (Å²) in [6.45, 7) is 3.29. The minimum absolute atomic E-state index is 0.00383. The van der Waals surface area contributed by atoms with Crippen LogP contribution in [0, 0.1) is 19.7 Å². The SMILES string of the molecule is Cc1noc(C)c1NC(=O)c1cnn2c(C(F)F)cc(-c3ccc(F)cc3)nc12. The molecule has 0 saturated heterocycles. The van der Waals surface area contributed by atoms with Crippen LogP contribution < -0.4 is 5.32 Å². The van der Waals surface area contributed by atoms with Crippen molar-refractivity contribution in [2.45, 2.75) is 20.3 Å². The summed E-state index contributed by atoms with van der Waals surface area (Å²) in [5, 5.41) is 10.3. The van der Waals surface area contributed by atoms with E-state index in [1.807, 2.05) is 0 Å². The van der Waals surface area contributed by atoms with Gasteiger partial charge in [0.1, 0.15) is 28.5 Å². The summed E-state index contributed by atoms with van der Waals surface area (Å²) in [5.41, 5.74) is 0.959. The Labute approximate surface area is 162 Å². The van der Waals surface area contributed by atoms with Crippen molar-refractivity contribution >= 4 is 17.2 Å². The number of anilines is 1. The summed E-state index contributed by atoms with van der Waals surface area (Å²) < 4.78 is 46.3. The monoisotopic (exact) mass is 401 g/mol. The number of nitrogens with one attached hydrogen (secondary N) is 1. The van der Waals surface area contributed by atoms with Gasteiger partial charge in [0, 0.05) is 5.56 Å². The Morgan fingerprint density at radius 3 is 2.55 bits per heavy atom. The molecule has 7 nitrogen and oxygen atoms in total. The first-order valence-electron chi connectivity index (χ1n) is 8.52. The van der Waals surface area contributed by atoms with Crippen molar-refractivity contribution in [3.05, 3.63) is 65.1 Å². The van der Waals surface area contributed by atoms with Crippen molar-refractivity contribution in [2.75, 3.05) is 5.32 Å². The number of aromatic nitrogens is 4. The molecular formula is C19H14F3N5O2. The molecule has 4 rings (SSSR count). The summed E-state index contributed by atoms with van der Waals surface area (Å²) in [5.74, 6) is -0.660. The van der Waals surface area contributed by atoms with Gasteiger partial charge in [-0.05, 0) is 44.2 Å². The van der Waals surface area contributed by atoms with E-state index < -0.39 is 23.8 Å². The Morgan fingerprint density at radius 2 is 1.93 bits per heavy atom. The molecule has 0 radical (unpaired) electrons. The Balaban J connectivity index is 1.83. The molecule has 0 spiro atoms. The molecule has 1 aromatic carbocycles. The minimum Gasteiger partial charge on any atom is -0.359 e. The number of aryl methyl sites for hydroxylation is 2. The molecule has 3 aromatic heterocycles. The maximum atomic E-state index is 13.6. The zero-order valence-corrected chi connectivity index (χ0v) is 15.3. The van der Waals surface area contributed by atoms with Crippen molar-refractivity contribution in [3.63, 3.8) is 0 Å². The molecule has 10 heteroatoms. The third kappa shape index (κ3) is 3.33. The standard InChI is InChI=1S/C19H14F3N5O2/c1-9-16(10(2)29-26-9)25-19(28)13-8-23-27-15(17(21)22)7-14(24-18(13)27)11-3-5-12(20)6-4-11/h3-8,17H,1-2H3,(H,25,28). The van der Waals surface area contributed by atoms with Gasteiger partial charge in [-0.1, -0.05) is 5.16 Å². The fourth-order valence-corrected chi connectivity index (χ4v) is 2.91. The number of nitrogens with zero attached hydrogens (tertiary/aromatic N) is 4. The largest absolute Gasteiger partial charge is 0.359 e. The number of rotatable bonds is 4. The maximum Gasteiger partial charge on any atom is 0.280 e. The Hall–Kier alpha value is -3.69. The molecular weight excluding hydrogens is 387 g/mol. The van der Waals surface area contributed by atoms with E-state index in [2.05, 4.69) is 20.6 Å². The predicted molar refractivity (Wildman–Crippen MR) is 97.3 cm³/mol. The average molecular weight is 401 g/mol. The van der Waals surface area contributed by atoms with Crippen LogP contribution in [0.25, 0.3) is 16.9 Å². The van der Waals surface area contributed by atoms with Crippen molar-refractivity contribution < 1.29 is 22.5 Å². The lowest BCUT2D eigenvalue weighted by Gasteiger charge is -2.09. The van der Waals surface area contributed by atoms with Gasteiger partial charge in [0.25, 0.3) is 12.3 Å². The number of amides is 1. The quantitative estimate of drug-likeness (QED) is 0.550. The number of benzene rings is 1. The number of carbonyl (C=O) groups is 1. The molecule has 3 heterocycles. The minimum atomic E-state index is -2.86. The van der Waals surface area contributed by atoms with E-state index in [1.165, 1.54) is 24.3 Å². The molecule has 1 N–H and O–H groups in total. The van der Waals surface area contributed by atoms with Crippen LogP contribution in [0.15, 0.2) is 41.1 Å². The number of hydrogen-bond donors (Lipinski definition) is 1. The highest BCUT2D eigenvalue weighted by Crippen LogP contribution is 2.27. The number of carbonyl (C=O) groups excluding carboxylic acids is 1. The molecule has 4 aromatic rings. The molecule has 0 bridgehead atoms. The fraction of sp³-hybridized carbons (Fsp3) is 0.158. The highest BCUT2D eigenvalue weighted by Gasteiger charge is 2.23. The molecule has 0 aliphatic heterocycles. The highest BCUT2D eigenvalue weighted by atomic mass is 19.3. The van der Waals surface area contributed by atoms with E-state index in [0.717, 1.165) is 16.8 Å². The van der Waals surface area contributed by atoms with Gasteiger partial charge in [-0.15, -0.1) is 0 Å². The van der Waals surface area contributed by atoms with Gasteiger partial charge in [-0.2, -0.15) is 5.10 Å². The Kier molecular flexibility index (Phi) is 4.53. The second kappa shape index (κ2) is 7.04. The first-order chi connectivity index (χ1) is 13.8. The zero-order chi connectivity index (χ0) is 20.7. The number of alkyl halides is 2. The van der Waals surface area contributed by atoms with Gasteiger partial charge < -0.3 is 9.84 Å². The van der Waals surface area contributed by atoms with Gasteiger partial charge in [0.2, 0.25) is 0 Å². The van der Waals surface area contributed by atoms with E-state index in [0.29, 0.717) is 22.7 Å². The van der Waals surface area contributed by atoms with E-state index in [4.69, 9.17) is 4.52 Å². The van der Waals surface area contributed by atoms with Gasteiger partial charge >= 0.3 is 0 Å². The molecule has 148 valence electrons. The molecule has 1 amide bonds. The van der Waals surface area contributed by atoms with E-state index >= 15 is 0 Å². The zero-order valence-electron chi connectivity index (χ0n) is 15.3. The smallest absolute Gasteiger partial charge is 0.280 e. The van der Waals surface area contributed by atoms with Crippen molar-refractivity contribution in [2.24, 2.45) is 0 Å². The van der Waals surface area contributed by atoms with Crippen LogP contribution in [-0.4, -0.2) is 25.7 Å². The first-order valence-corrected chi connectivity index (χ1v) is 8.52. The average Bonchev–Trinajstić information content (AvgIpc) is 3.26. The van der Waals surface area contributed by atoms with Crippen molar-refractivity contribution in [1.29, 1.82) is 0 Å². The fourth-order valence-electron chi connectivity index (χ4n) is 2.91. The van der Waals surface area contributed by atoms with E-state index in [9.17, 15) is 18.0 Å². The van der Waals surface area contributed by atoms with Gasteiger partial charge in [-0.25, -0.2) is 22.7 Å². The Morgan fingerprint density at radius 1 is 1.21 bits per heavy atom. The van der Waals surface area contributed by atoms with Crippen LogP contribution >= 0.6 is 0 Å². The number of fused-ring (bicyclic) bond motifs is 1. The topological polar surface area (TPSA) is 85.3 Å². The molecule has 29 heavy (non-hydrogen) atoms. The van der Waals surface area contributed by atoms with Gasteiger partial charge in [-0.3, -0.25) is 4.79 Å². The molecule has 0 atom stereocenters. The molecule has 0 aliphatic rings. The van der Waals surface area contributed by atoms with Crippen LogP contribution in [0.2, 0.25) is 0 Å². The molecule has 0 fully saturated rings. The summed E-state index contributed by atoms with van der Waals surface area (Å²) in [4.78, 5) is 17.1. The van der Waals surface area contributed by atoms with E-state index in [1.54, 1.807) is 13.8 Å². The molecule has 0 aliphatic carbocycles. The lowest BCUT2D eigenvalue weighted by atomic mass is 10.1. The number of halogens is 3. The lowest BCUT2D eigenvalue weighted by molar-refractivity contribution is 0.102. The lowest BCUT2D eigenvalue weighted by Crippen LogP contribution is -2.13. The first kappa shape index (κ1) is 18.7. The second-order valence-electron chi connectivity index (χ2n) is 6.32. The summed E-state index contributed by atoms with van der Waals surface area (Å²) in [6.07, 6.45) is -1.70. The van der Waals surface area contributed by atoms with Crippen LogP contribution in [0.3, 0.4) is 0 Å². The van der Waals surface area contributed by atoms with Crippen LogP contribution in [0.4, 0.5) is 18.9 Å². The molecule has 0 saturated carbocycles. The van der Waals surface area contributed by atoms with E-state index in [-0.39, 0.29) is 16.9 Å². The van der Waals surface area contributed by atoms with Crippen molar-refractivity contribution in [1.82, 2.24) is 19.8 Å². The second-order valence-corrected chi connectivity index (χ2v) is 6.32. The predicted octanol–water partition coefficient (Wildman–Crippen LogP) is 4.33. The summed E-state index contributed by atoms with van der Waals surface area (Å²) >= 11 is 0. The van der Waals surface area contributed by atoms with Crippen LogP contribution in [0.5, 0.6) is 0 Å². The van der Waals surface area contributed by atoms with Crippen molar-refractivity contribution in [3.8, 4) is 11.3 Å².